The molecule has 0 aliphatic heterocycles. The number of carbonyl (C=O) groups is 1. The summed E-state index contributed by atoms with van der Waals surface area (Å²) in [5.74, 6) is -0.287. The fourth-order valence-corrected chi connectivity index (χ4v) is 2.58. The summed E-state index contributed by atoms with van der Waals surface area (Å²) < 4.78 is 7.74. The number of hydrogen-bond donors (Lipinski definition) is 1. The molecular weight excluding hydrogens is 336 g/mol. The second-order valence-electron chi connectivity index (χ2n) is 5.41. The number of fused-ring (bicyclic) bond motifs is 1. The molecule has 0 saturated heterocycles. The Labute approximate surface area is 146 Å². The van der Waals surface area contributed by atoms with Crippen molar-refractivity contribution in [3.05, 3.63) is 65.0 Å². The van der Waals surface area contributed by atoms with E-state index in [1.54, 1.807) is 11.6 Å². The van der Waals surface area contributed by atoms with Crippen molar-refractivity contribution >= 4 is 17.0 Å². The van der Waals surface area contributed by atoms with E-state index in [4.69, 9.17) is 4.74 Å². The highest BCUT2D eigenvalue weighted by molar-refractivity contribution is 5.87. The van der Waals surface area contributed by atoms with Gasteiger partial charge in [-0.25, -0.2) is 19.0 Å². The topological polar surface area (TPSA) is 108 Å². The van der Waals surface area contributed by atoms with E-state index >= 15 is 0 Å². The van der Waals surface area contributed by atoms with Gasteiger partial charge < -0.3 is 4.74 Å². The molecule has 3 heterocycles. The van der Waals surface area contributed by atoms with Crippen molar-refractivity contribution in [3.8, 4) is 11.5 Å². The summed E-state index contributed by atoms with van der Waals surface area (Å²) in [6.45, 7) is 1.96. The molecule has 0 atom stereocenters. The molecule has 1 aromatic carbocycles. The maximum atomic E-state index is 12.8. The molecule has 1 N–H and O–H groups in total. The first kappa shape index (κ1) is 15.8. The summed E-state index contributed by atoms with van der Waals surface area (Å²) in [5.41, 5.74) is 1.07. The fraction of sp³-hybridized carbons (Fsp3) is 0.118. The number of carbonyl (C=O) groups excluding carboxylic acids is 1. The van der Waals surface area contributed by atoms with Crippen LogP contribution in [-0.4, -0.2) is 42.1 Å². The summed E-state index contributed by atoms with van der Waals surface area (Å²) in [6.07, 6.45) is 2.82. The molecule has 0 aliphatic carbocycles. The Bertz CT molecular complexity index is 1140. The molecule has 9 nitrogen and oxygen atoms in total. The Morgan fingerprint density at radius 2 is 2.08 bits per heavy atom. The van der Waals surface area contributed by atoms with Gasteiger partial charge in [0.05, 0.1) is 18.5 Å². The van der Waals surface area contributed by atoms with Gasteiger partial charge in [-0.2, -0.15) is 10.2 Å². The smallest absolute Gasteiger partial charge is 0.356 e. The predicted molar refractivity (Wildman–Crippen MR) is 92.6 cm³/mol. The Morgan fingerprint density at radius 1 is 1.27 bits per heavy atom. The number of hydrogen-bond acceptors (Lipinski definition) is 6. The number of esters is 1. The van der Waals surface area contributed by atoms with E-state index in [9.17, 15) is 9.59 Å². The van der Waals surface area contributed by atoms with Crippen molar-refractivity contribution in [1.82, 2.24) is 29.5 Å². The molecule has 0 unspecified atom stereocenters. The highest BCUT2D eigenvalue weighted by atomic mass is 16.5. The number of para-hydroxylation sites is 1. The van der Waals surface area contributed by atoms with Gasteiger partial charge in [0.15, 0.2) is 11.5 Å². The Hall–Kier alpha value is -3.75. The quantitative estimate of drug-likeness (QED) is 0.559. The van der Waals surface area contributed by atoms with Crippen molar-refractivity contribution < 1.29 is 9.53 Å². The lowest BCUT2D eigenvalue weighted by atomic mass is 10.3. The highest BCUT2D eigenvalue weighted by Crippen LogP contribution is 2.14. The van der Waals surface area contributed by atoms with E-state index in [0.717, 1.165) is 5.69 Å². The van der Waals surface area contributed by atoms with Crippen LogP contribution in [0.4, 0.5) is 0 Å². The number of nitrogens with zero attached hydrogens (tertiary/aromatic N) is 5. The summed E-state index contributed by atoms with van der Waals surface area (Å²) in [5, 5.41) is 11.2. The molecule has 0 amide bonds. The van der Waals surface area contributed by atoms with Crippen LogP contribution in [0, 0.1) is 0 Å². The third kappa shape index (κ3) is 2.55. The van der Waals surface area contributed by atoms with Gasteiger partial charge in [-0.05, 0) is 19.1 Å². The molecule has 0 bridgehead atoms. The van der Waals surface area contributed by atoms with Crippen molar-refractivity contribution in [2.24, 2.45) is 0 Å². The first-order valence-corrected chi connectivity index (χ1v) is 7.92. The summed E-state index contributed by atoms with van der Waals surface area (Å²) in [4.78, 5) is 28.9. The number of ether oxygens (including phenoxy) is 1. The first-order valence-electron chi connectivity index (χ1n) is 7.92. The maximum absolute atomic E-state index is 12.8. The fourth-order valence-electron chi connectivity index (χ4n) is 2.58. The SMILES string of the molecule is CCOC(=O)c1cc(-n2cnc3c(cnn3-c3ccccc3)c2=O)n[nH]1. The molecule has 26 heavy (non-hydrogen) atoms. The van der Waals surface area contributed by atoms with Crippen LogP contribution >= 0.6 is 0 Å². The van der Waals surface area contributed by atoms with Gasteiger partial charge >= 0.3 is 5.97 Å². The van der Waals surface area contributed by atoms with Crippen molar-refractivity contribution in [1.29, 1.82) is 0 Å². The number of benzene rings is 1. The van der Waals surface area contributed by atoms with Crippen LogP contribution in [-0.2, 0) is 4.74 Å². The van der Waals surface area contributed by atoms with Crippen LogP contribution in [0.1, 0.15) is 17.4 Å². The molecule has 130 valence electrons. The van der Waals surface area contributed by atoms with E-state index in [2.05, 4.69) is 20.3 Å². The second-order valence-corrected chi connectivity index (χ2v) is 5.41. The van der Waals surface area contributed by atoms with Gasteiger partial charge in [0, 0.05) is 6.07 Å². The molecule has 3 aromatic heterocycles. The lowest BCUT2D eigenvalue weighted by Gasteiger charge is -2.03. The summed E-state index contributed by atoms with van der Waals surface area (Å²) in [7, 11) is 0. The molecule has 0 saturated carbocycles. The third-order valence-electron chi connectivity index (χ3n) is 3.80. The lowest BCUT2D eigenvalue weighted by Crippen LogP contribution is -2.19. The van der Waals surface area contributed by atoms with Gasteiger partial charge in [-0.15, -0.1) is 0 Å². The molecule has 0 fully saturated rings. The van der Waals surface area contributed by atoms with E-state index in [-0.39, 0.29) is 23.7 Å². The van der Waals surface area contributed by atoms with Crippen LogP contribution in [0.2, 0.25) is 0 Å². The van der Waals surface area contributed by atoms with Crippen LogP contribution in [0.3, 0.4) is 0 Å². The van der Waals surface area contributed by atoms with E-state index < -0.39 is 5.97 Å². The average molecular weight is 350 g/mol. The van der Waals surface area contributed by atoms with E-state index in [1.165, 1.54) is 23.2 Å². The third-order valence-corrected chi connectivity index (χ3v) is 3.80. The Morgan fingerprint density at radius 3 is 2.85 bits per heavy atom. The normalized spacial score (nSPS) is 11.0. The van der Waals surface area contributed by atoms with Crippen molar-refractivity contribution in [2.45, 2.75) is 6.92 Å². The minimum Gasteiger partial charge on any atom is -0.461 e. The zero-order valence-corrected chi connectivity index (χ0v) is 13.8. The monoisotopic (exact) mass is 350 g/mol. The van der Waals surface area contributed by atoms with Gasteiger partial charge in [0.2, 0.25) is 0 Å². The number of H-pyrrole nitrogens is 1. The van der Waals surface area contributed by atoms with Crippen LogP contribution in [0.25, 0.3) is 22.5 Å². The van der Waals surface area contributed by atoms with Crippen LogP contribution in [0.5, 0.6) is 0 Å². The molecule has 4 rings (SSSR count). The largest absolute Gasteiger partial charge is 0.461 e. The minimum atomic E-state index is -0.537. The van der Waals surface area contributed by atoms with Gasteiger partial charge in [-0.1, -0.05) is 18.2 Å². The molecule has 4 aromatic rings. The van der Waals surface area contributed by atoms with E-state index in [1.807, 2.05) is 30.3 Å². The summed E-state index contributed by atoms with van der Waals surface area (Å²) >= 11 is 0. The number of aromatic amines is 1. The standard InChI is InChI=1S/C17H14N6O3/c1-2-26-17(25)13-8-14(21-20-13)22-10-18-15-12(16(22)24)9-19-23(15)11-6-4-3-5-7-11/h3-10H,2H2,1H3,(H,20,21). The number of rotatable bonds is 4. The van der Waals surface area contributed by atoms with Crippen molar-refractivity contribution in [3.63, 3.8) is 0 Å². The van der Waals surface area contributed by atoms with Gasteiger partial charge in [-0.3, -0.25) is 9.89 Å². The van der Waals surface area contributed by atoms with Crippen molar-refractivity contribution in [2.75, 3.05) is 6.61 Å². The maximum Gasteiger partial charge on any atom is 0.356 e. The van der Waals surface area contributed by atoms with Gasteiger partial charge in [0.1, 0.15) is 17.4 Å². The van der Waals surface area contributed by atoms with Crippen LogP contribution < -0.4 is 5.56 Å². The average Bonchev–Trinajstić information content (AvgIpc) is 3.31. The van der Waals surface area contributed by atoms with Crippen LogP contribution in [0.15, 0.2) is 53.7 Å². The predicted octanol–water partition coefficient (Wildman–Crippen LogP) is 1.47. The second kappa shape index (κ2) is 6.28. The zero-order chi connectivity index (χ0) is 18.1. The minimum absolute atomic E-state index is 0.161. The lowest BCUT2D eigenvalue weighted by molar-refractivity contribution is 0.0519. The molecule has 9 heteroatoms. The molecular formula is C17H14N6O3. The Kier molecular flexibility index (Phi) is 3.81. The Balaban J connectivity index is 1.78. The number of nitrogens with one attached hydrogen (secondary N) is 1. The van der Waals surface area contributed by atoms with E-state index in [0.29, 0.717) is 11.0 Å². The summed E-state index contributed by atoms with van der Waals surface area (Å²) in [6, 6.07) is 10.8. The number of aromatic nitrogens is 6. The zero-order valence-electron chi connectivity index (χ0n) is 13.8. The molecule has 0 spiro atoms. The van der Waals surface area contributed by atoms with Gasteiger partial charge in [0.25, 0.3) is 5.56 Å². The molecule has 0 aliphatic rings. The first-order chi connectivity index (χ1) is 12.7. The highest BCUT2D eigenvalue weighted by Gasteiger charge is 2.16. The molecule has 0 radical (unpaired) electrons.